The quantitative estimate of drug-likeness (QED) is 0.395. The molecule has 0 saturated carbocycles. The molecule has 1 aromatic carbocycles. The van der Waals surface area contributed by atoms with Crippen LogP contribution in [0.15, 0.2) is 28.7 Å². The minimum Gasteiger partial charge on any atom is -0.462 e. The summed E-state index contributed by atoms with van der Waals surface area (Å²) in [5.41, 5.74) is 2.79. The second-order valence-electron chi connectivity index (χ2n) is 6.21. The highest BCUT2D eigenvalue weighted by molar-refractivity contribution is 7.99. The molecule has 0 radical (unpaired) electrons. The summed E-state index contributed by atoms with van der Waals surface area (Å²) >= 11 is 2.61. The van der Waals surface area contributed by atoms with E-state index in [1.807, 2.05) is 29.9 Å². The van der Waals surface area contributed by atoms with Gasteiger partial charge in [0.15, 0.2) is 16.9 Å². The molecule has 3 rings (SSSR count). The van der Waals surface area contributed by atoms with Crippen molar-refractivity contribution in [1.82, 2.24) is 14.5 Å². The van der Waals surface area contributed by atoms with Gasteiger partial charge in [-0.15, -0.1) is 11.3 Å². The first-order valence-corrected chi connectivity index (χ1v) is 11.0. The third-order valence-corrected chi connectivity index (χ3v) is 6.25. The predicted molar refractivity (Wildman–Crippen MR) is 112 cm³/mol. The lowest BCUT2D eigenvalue weighted by Gasteiger charge is -2.07. The third kappa shape index (κ3) is 4.49. The Balaban J connectivity index is 1.81. The number of nitrogens with zero attached hydrogens (tertiary/aromatic N) is 4. The van der Waals surface area contributed by atoms with Gasteiger partial charge in [-0.05, 0) is 39.0 Å². The number of ether oxygens (including phenoxy) is 1. The van der Waals surface area contributed by atoms with E-state index in [1.165, 1.54) is 23.1 Å². The number of hydrogen-bond acceptors (Lipinski definition) is 8. The topological polar surface area (TPSA) is 97.9 Å². The number of esters is 1. The van der Waals surface area contributed by atoms with E-state index in [9.17, 15) is 14.9 Å². The highest BCUT2D eigenvalue weighted by atomic mass is 32.2. The van der Waals surface area contributed by atoms with Gasteiger partial charge in [0.2, 0.25) is 0 Å². The Kier molecular flexibility index (Phi) is 6.67. The predicted octanol–water partition coefficient (Wildman–Crippen LogP) is 3.97. The number of rotatable bonds is 8. The molecule has 2 aromatic heterocycles. The Morgan fingerprint density at radius 3 is 2.76 bits per heavy atom. The van der Waals surface area contributed by atoms with Crippen LogP contribution < -0.4 is 0 Å². The van der Waals surface area contributed by atoms with Crippen molar-refractivity contribution in [2.75, 3.05) is 12.4 Å². The molecule has 0 fully saturated rings. The number of carbonyl (C=O) groups is 2. The maximum atomic E-state index is 12.6. The van der Waals surface area contributed by atoms with E-state index in [2.05, 4.69) is 16.0 Å². The fourth-order valence-corrected chi connectivity index (χ4v) is 4.70. The van der Waals surface area contributed by atoms with Crippen molar-refractivity contribution in [2.24, 2.45) is 0 Å². The van der Waals surface area contributed by atoms with E-state index < -0.39 is 5.92 Å². The zero-order valence-electron chi connectivity index (χ0n) is 16.3. The summed E-state index contributed by atoms with van der Waals surface area (Å²) < 4.78 is 7.03. The molecule has 0 amide bonds. The van der Waals surface area contributed by atoms with Crippen LogP contribution in [-0.4, -0.2) is 38.6 Å². The number of hydrogen-bond donors (Lipinski definition) is 0. The molecule has 0 spiro atoms. The summed E-state index contributed by atoms with van der Waals surface area (Å²) in [5, 5.41) is 12.4. The molecule has 150 valence electrons. The summed E-state index contributed by atoms with van der Waals surface area (Å²) in [4.78, 5) is 33.4. The smallest absolute Gasteiger partial charge is 0.338 e. The summed E-state index contributed by atoms with van der Waals surface area (Å²) in [5.74, 6) is -1.34. The normalized spacial score (nSPS) is 11.9. The highest BCUT2D eigenvalue weighted by Gasteiger charge is 2.24. The van der Waals surface area contributed by atoms with Crippen LogP contribution in [0, 0.1) is 18.3 Å². The van der Waals surface area contributed by atoms with E-state index in [0.29, 0.717) is 34.4 Å². The minimum atomic E-state index is -0.865. The first-order chi connectivity index (χ1) is 14.0. The Labute approximate surface area is 176 Å². The molecule has 29 heavy (non-hydrogen) atoms. The number of aromatic nitrogens is 3. The average Bonchev–Trinajstić information content (AvgIpc) is 3.29. The Morgan fingerprint density at radius 1 is 1.34 bits per heavy atom. The number of carbonyl (C=O) groups excluding carboxylic acids is 2. The number of thiazole rings is 1. The number of thioether (sulfide) groups is 1. The van der Waals surface area contributed by atoms with Gasteiger partial charge in [-0.1, -0.05) is 11.8 Å². The van der Waals surface area contributed by atoms with Gasteiger partial charge in [-0.25, -0.2) is 14.8 Å². The summed E-state index contributed by atoms with van der Waals surface area (Å²) in [6.07, 6.45) is 0. The number of aryl methyl sites for hydroxylation is 2. The molecule has 0 aliphatic rings. The van der Waals surface area contributed by atoms with E-state index in [4.69, 9.17) is 4.74 Å². The van der Waals surface area contributed by atoms with Gasteiger partial charge in [-0.3, -0.25) is 4.79 Å². The van der Waals surface area contributed by atoms with E-state index in [0.717, 1.165) is 11.2 Å². The first kappa shape index (κ1) is 21.0. The second-order valence-corrected chi connectivity index (χ2v) is 8.04. The SMILES string of the molecule is CCOC(=O)c1ccc2c(c1)nc(SCC(=O)C(C#N)c1nc(C)cs1)n2CC. The minimum absolute atomic E-state index is 0.116. The zero-order chi connectivity index (χ0) is 21.0. The molecule has 0 saturated heterocycles. The van der Waals surface area contributed by atoms with Crippen LogP contribution >= 0.6 is 23.1 Å². The molecule has 0 N–H and O–H groups in total. The van der Waals surface area contributed by atoms with Crippen molar-refractivity contribution in [3.63, 3.8) is 0 Å². The molecule has 9 heteroatoms. The number of Topliss-reactive ketones (excluding diaryl/α,β-unsaturated/α-hetero) is 1. The maximum Gasteiger partial charge on any atom is 0.338 e. The second kappa shape index (κ2) is 9.20. The number of ketones is 1. The van der Waals surface area contributed by atoms with Gasteiger partial charge < -0.3 is 9.30 Å². The van der Waals surface area contributed by atoms with Gasteiger partial charge in [-0.2, -0.15) is 5.26 Å². The third-order valence-electron chi connectivity index (χ3n) is 4.22. The van der Waals surface area contributed by atoms with Crippen molar-refractivity contribution in [2.45, 2.75) is 38.4 Å². The van der Waals surface area contributed by atoms with Crippen LogP contribution in [0.5, 0.6) is 0 Å². The van der Waals surface area contributed by atoms with Crippen LogP contribution in [0.3, 0.4) is 0 Å². The zero-order valence-corrected chi connectivity index (χ0v) is 18.0. The van der Waals surface area contributed by atoms with Crippen LogP contribution in [0.4, 0.5) is 0 Å². The fourth-order valence-electron chi connectivity index (χ4n) is 2.85. The van der Waals surface area contributed by atoms with Gasteiger partial charge in [0.05, 0.1) is 35.0 Å². The van der Waals surface area contributed by atoms with E-state index in [-0.39, 0.29) is 17.5 Å². The Morgan fingerprint density at radius 2 is 2.14 bits per heavy atom. The van der Waals surface area contributed by atoms with Crippen molar-refractivity contribution >= 4 is 45.9 Å². The molecule has 2 heterocycles. The lowest BCUT2D eigenvalue weighted by Crippen LogP contribution is -2.13. The van der Waals surface area contributed by atoms with Crippen LogP contribution in [-0.2, 0) is 16.1 Å². The van der Waals surface area contributed by atoms with Crippen LogP contribution in [0.1, 0.15) is 40.8 Å². The van der Waals surface area contributed by atoms with Crippen molar-refractivity contribution < 1.29 is 14.3 Å². The van der Waals surface area contributed by atoms with Crippen molar-refractivity contribution in [1.29, 1.82) is 5.26 Å². The summed E-state index contributed by atoms with van der Waals surface area (Å²) in [7, 11) is 0. The monoisotopic (exact) mass is 428 g/mol. The van der Waals surface area contributed by atoms with Gasteiger partial charge in [0, 0.05) is 17.6 Å². The van der Waals surface area contributed by atoms with Gasteiger partial charge in [0.25, 0.3) is 0 Å². The molecule has 7 nitrogen and oxygen atoms in total. The van der Waals surface area contributed by atoms with Crippen LogP contribution in [0.25, 0.3) is 11.0 Å². The van der Waals surface area contributed by atoms with Crippen molar-refractivity contribution in [3.8, 4) is 6.07 Å². The van der Waals surface area contributed by atoms with E-state index >= 15 is 0 Å². The summed E-state index contributed by atoms with van der Waals surface area (Å²) in [6, 6.07) is 7.30. The van der Waals surface area contributed by atoms with Gasteiger partial charge in [0.1, 0.15) is 5.01 Å². The standard InChI is InChI=1S/C20H20N4O3S2/c1-4-24-16-7-6-13(19(26)27-5-2)8-15(16)23-20(24)29-11-17(25)14(9-21)18-22-12(3)10-28-18/h6-8,10,14H,4-5,11H2,1-3H3. The van der Waals surface area contributed by atoms with Crippen LogP contribution in [0.2, 0.25) is 0 Å². The first-order valence-electron chi connectivity index (χ1n) is 9.13. The molecule has 3 aromatic rings. The average molecular weight is 429 g/mol. The Bertz CT molecular complexity index is 1100. The lowest BCUT2D eigenvalue weighted by molar-refractivity contribution is -0.116. The number of fused-ring (bicyclic) bond motifs is 1. The fraction of sp³-hybridized carbons (Fsp3) is 0.350. The molecular weight excluding hydrogens is 408 g/mol. The number of imidazole rings is 1. The largest absolute Gasteiger partial charge is 0.462 e. The molecular formula is C20H20N4O3S2. The molecule has 0 aliphatic heterocycles. The van der Waals surface area contributed by atoms with Crippen molar-refractivity contribution in [3.05, 3.63) is 39.8 Å². The number of benzene rings is 1. The Hall–Kier alpha value is -2.70. The van der Waals surface area contributed by atoms with Gasteiger partial charge >= 0.3 is 5.97 Å². The molecule has 0 aliphatic carbocycles. The lowest BCUT2D eigenvalue weighted by atomic mass is 10.1. The highest BCUT2D eigenvalue weighted by Crippen LogP contribution is 2.28. The van der Waals surface area contributed by atoms with E-state index in [1.54, 1.807) is 19.1 Å². The maximum absolute atomic E-state index is 12.6. The molecule has 0 bridgehead atoms. The molecule has 1 atom stereocenters. The molecule has 1 unspecified atom stereocenters. The summed E-state index contributed by atoms with van der Waals surface area (Å²) in [6.45, 7) is 6.56. The number of nitriles is 1.